The first-order valence-electron chi connectivity index (χ1n) is 5.72. The largest absolute Gasteiger partial charge is 0.326 e. The summed E-state index contributed by atoms with van der Waals surface area (Å²) in [6, 6.07) is 10.1. The molecule has 0 spiro atoms. The highest BCUT2D eigenvalue weighted by molar-refractivity contribution is 5.71. The predicted molar refractivity (Wildman–Crippen MR) is 70.0 cm³/mol. The molecule has 0 fully saturated rings. The minimum atomic E-state index is 0.765. The van der Waals surface area contributed by atoms with Gasteiger partial charge >= 0.3 is 0 Å². The van der Waals surface area contributed by atoms with E-state index in [1.807, 2.05) is 59.8 Å². The Morgan fingerprint density at radius 1 is 1.11 bits per heavy atom. The standard InChI is InChI=1S/C13H13N5/c1-10-15-16-13-12(14-8-9-18(10)13)17(2)11-6-4-3-5-7-11/h3-9H,1-2H3. The summed E-state index contributed by atoms with van der Waals surface area (Å²) < 4.78 is 1.93. The normalized spacial score (nSPS) is 10.8. The number of nitrogens with zero attached hydrogens (tertiary/aromatic N) is 5. The summed E-state index contributed by atoms with van der Waals surface area (Å²) in [5, 5.41) is 8.25. The van der Waals surface area contributed by atoms with Crippen molar-refractivity contribution in [2.24, 2.45) is 0 Å². The average Bonchev–Trinajstić information content (AvgIpc) is 2.81. The highest BCUT2D eigenvalue weighted by atomic mass is 15.3. The monoisotopic (exact) mass is 239 g/mol. The lowest BCUT2D eigenvalue weighted by atomic mass is 10.3. The van der Waals surface area contributed by atoms with E-state index in [9.17, 15) is 0 Å². The lowest BCUT2D eigenvalue weighted by molar-refractivity contribution is 0.998. The molecule has 0 saturated heterocycles. The molecule has 0 amide bonds. The van der Waals surface area contributed by atoms with Crippen LogP contribution in [-0.4, -0.2) is 26.6 Å². The summed E-state index contributed by atoms with van der Waals surface area (Å²) >= 11 is 0. The van der Waals surface area contributed by atoms with Gasteiger partial charge in [0.05, 0.1) is 0 Å². The second-order valence-corrected chi connectivity index (χ2v) is 4.09. The molecule has 3 aromatic rings. The van der Waals surface area contributed by atoms with Crippen molar-refractivity contribution < 1.29 is 0 Å². The lowest BCUT2D eigenvalue weighted by Gasteiger charge is -2.18. The van der Waals surface area contributed by atoms with Crippen LogP contribution in [0.4, 0.5) is 11.5 Å². The smallest absolute Gasteiger partial charge is 0.204 e. The van der Waals surface area contributed by atoms with E-state index in [1.165, 1.54) is 0 Å². The Balaban J connectivity index is 2.15. The molecule has 0 aliphatic heterocycles. The molecule has 0 atom stereocenters. The first-order valence-corrected chi connectivity index (χ1v) is 5.72. The highest BCUT2D eigenvalue weighted by Crippen LogP contribution is 2.24. The first kappa shape index (κ1) is 10.7. The van der Waals surface area contributed by atoms with Gasteiger partial charge in [0.25, 0.3) is 0 Å². The second kappa shape index (κ2) is 4.10. The van der Waals surface area contributed by atoms with Crippen LogP contribution in [-0.2, 0) is 0 Å². The molecule has 0 radical (unpaired) electrons. The Morgan fingerprint density at radius 2 is 1.89 bits per heavy atom. The van der Waals surface area contributed by atoms with E-state index >= 15 is 0 Å². The number of benzene rings is 1. The van der Waals surface area contributed by atoms with Gasteiger partial charge in [-0.3, -0.25) is 4.40 Å². The maximum atomic E-state index is 4.40. The van der Waals surface area contributed by atoms with Crippen LogP contribution in [0.3, 0.4) is 0 Å². The van der Waals surface area contributed by atoms with Crippen LogP contribution >= 0.6 is 0 Å². The molecule has 1 aromatic carbocycles. The van der Waals surface area contributed by atoms with Crippen LogP contribution < -0.4 is 4.90 Å². The fourth-order valence-electron chi connectivity index (χ4n) is 1.94. The van der Waals surface area contributed by atoms with E-state index in [1.54, 1.807) is 6.20 Å². The summed E-state index contributed by atoms with van der Waals surface area (Å²) in [5.41, 5.74) is 1.83. The molecule has 0 aliphatic carbocycles. The highest BCUT2D eigenvalue weighted by Gasteiger charge is 2.12. The van der Waals surface area contributed by atoms with Crippen molar-refractivity contribution >= 4 is 17.2 Å². The minimum absolute atomic E-state index is 0.765. The molecule has 90 valence electrons. The zero-order valence-electron chi connectivity index (χ0n) is 10.3. The van der Waals surface area contributed by atoms with Crippen molar-refractivity contribution in [1.82, 2.24) is 19.6 Å². The molecule has 2 heterocycles. The van der Waals surface area contributed by atoms with Crippen molar-refractivity contribution in [1.29, 1.82) is 0 Å². The molecule has 5 nitrogen and oxygen atoms in total. The number of rotatable bonds is 2. The van der Waals surface area contributed by atoms with E-state index < -0.39 is 0 Å². The Hall–Kier alpha value is -2.43. The molecule has 0 unspecified atom stereocenters. The van der Waals surface area contributed by atoms with Gasteiger partial charge in [0.2, 0.25) is 5.65 Å². The zero-order chi connectivity index (χ0) is 12.5. The molecule has 0 bridgehead atoms. The quantitative estimate of drug-likeness (QED) is 0.687. The maximum Gasteiger partial charge on any atom is 0.204 e. The molecule has 18 heavy (non-hydrogen) atoms. The fourth-order valence-corrected chi connectivity index (χ4v) is 1.94. The summed E-state index contributed by atoms with van der Waals surface area (Å²) in [6.07, 6.45) is 3.63. The van der Waals surface area contributed by atoms with Gasteiger partial charge in [-0.25, -0.2) is 4.98 Å². The van der Waals surface area contributed by atoms with Crippen LogP contribution in [0.1, 0.15) is 5.82 Å². The van der Waals surface area contributed by atoms with Crippen LogP contribution in [0, 0.1) is 6.92 Å². The van der Waals surface area contributed by atoms with Gasteiger partial charge in [-0.05, 0) is 19.1 Å². The number of hydrogen-bond donors (Lipinski definition) is 0. The van der Waals surface area contributed by atoms with Gasteiger partial charge in [-0.15, -0.1) is 10.2 Å². The molecule has 5 heteroatoms. The Morgan fingerprint density at radius 3 is 2.67 bits per heavy atom. The van der Waals surface area contributed by atoms with Crippen molar-refractivity contribution in [3.05, 3.63) is 48.5 Å². The molecule has 0 aliphatic rings. The Kier molecular flexibility index (Phi) is 2.44. The predicted octanol–water partition coefficient (Wildman–Crippen LogP) is 2.20. The maximum absolute atomic E-state index is 4.40. The van der Waals surface area contributed by atoms with Crippen LogP contribution in [0.2, 0.25) is 0 Å². The summed E-state index contributed by atoms with van der Waals surface area (Å²) in [4.78, 5) is 6.40. The van der Waals surface area contributed by atoms with E-state index in [4.69, 9.17) is 0 Å². The Labute approximate surface area is 105 Å². The van der Waals surface area contributed by atoms with Crippen molar-refractivity contribution in [2.75, 3.05) is 11.9 Å². The number of anilines is 2. The topological polar surface area (TPSA) is 46.3 Å². The average molecular weight is 239 g/mol. The van der Waals surface area contributed by atoms with Gasteiger partial charge in [-0.2, -0.15) is 0 Å². The second-order valence-electron chi connectivity index (χ2n) is 4.09. The van der Waals surface area contributed by atoms with Gasteiger partial charge < -0.3 is 4.90 Å². The number of aryl methyl sites for hydroxylation is 1. The van der Waals surface area contributed by atoms with Crippen LogP contribution in [0.15, 0.2) is 42.7 Å². The molecule has 3 rings (SSSR count). The van der Waals surface area contributed by atoms with Crippen LogP contribution in [0.25, 0.3) is 5.65 Å². The van der Waals surface area contributed by atoms with E-state index in [2.05, 4.69) is 15.2 Å². The zero-order valence-corrected chi connectivity index (χ0v) is 10.3. The van der Waals surface area contributed by atoms with Gasteiger partial charge in [0.1, 0.15) is 5.82 Å². The van der Waals surface area contributed by atoms with Crippen molar-refractivity contribution in [3.8, 4) is 0 Å². The molecular weight excluding hydrogens is 226 g/mol. The molecular formula is C13H13N5. The number of fused-ring (bicyclic) bond motifs is 1. The van der Waals surface area contributed by atoms with Crippen molar-refractivity contribution in [3.63, 3.8) is 0 Å². The lowest BCUT2D eigenvalue weighted by Crippen LogP contribution is -2.12. The van der Waals surface area contributed by atoms with Gasteiger partial charge in [0.15, 0.2) is 5.82 Å². The fraction of sp³-hybridized carbons (Fsp3) is 0.154. The van der Waals surface area contributed by atoms with E-state index in [0.717, 1.165) is 23.0 Å². The summed E-state index contributed by atoms with van der Waals surface area (Å²) in [6.45, 7) is 1.92. The summed E-state index contributed by atoms with van der Waals surface area (Å²) in [5.74, 6) is 1.65. The molecule has 0 saturated carbocycles. The third kappa shape index (κ3) is 1.60. The van der Waals surface area contributed by atoms with Crippen LogP contribution in [0.5, 0.6) is 0 Å². The molecule has 2 aromatic heterocycles. The van der Waals surface area contributed by atoms with Gasteiger partial charge in [0, 0.05) is 25.1 Å². The SMILES string of the molecule is Cc1nnc2c(N(C)c3ccccc3)nccn12. The summed E-state index contributed by atoms with van der Waals surface area (Å²) in [7, 11) is 1.97. The molecule has 0 N–H and O–H groups in total. The number of aromatic nitrogens is 4. The van der Waals surface area contributed by atoms with Gasteiger partial charge in [-0.1, -0.05) is 18.2 Å². The Bertz CT molecular complexity index is 674. The number of para-hydroxylation sites is 1. The third-order valence-electron chi connectivity index (χ3n) is 2.94. The first-order chi connectivity index (χ1) is 8.77. The van der Waals surface area contributed by atoms with E-state index in [-0.39, 0.29) is 0 Å². The third-order valence-corrected chi connectivity index (χ3v) is 2.94. The van der Waals surface area contributed by atoms with E-state index in [0.29, 0.717) is 0 Å². The number of hydrogen-bond acceptors (Lipinski definition) is 4. The minimum Gasteiger partial charge on any atom is -0.326 e. The van der Waals surface area contributed by atoms with Crippen molar-refractivity contribution in [2.45, 2.75) is 6.92 Å².